The number of hydrogen-bond acceptors (Lipinski definition) is 4. The maximum Gasteiger partial charge on any atom is 0.303 e. The van der Waals surface area contributed by atoms with Crippen LogP contribution in [0.5, 0.6) is 0 Å². The van der Waals surface area contributed by atoms with Gasteiger partial charge in [0.15, 0.2) is 0 Å². The monoisotopic (exact) mass is 414 g/mol. The number of aryl methyl sites for hydroxylation is 2. The molecule has 29 heavy (non-hydrogen) atoms. The van der Waals surface area contributed by atoms with Gasteiger partial charge in [-0.2, -0.15) is 0 Å². The van der Waals surface area contributed by atoms with E-state index in [4.69, 9.17) is 5.11 Å². The summed E-state index contributed by atoms with van der Waals surface area (Å²) in [5, 5.41) is 15.1. The first-order chi connectivity index (χ1) is 13.9. The summed E-state index contributed by atoms with van der Waals surface area (Å²) in [6.45, 7) is 2.45. The summed E-state index contributed by atoms with van der Waals surface area (Å²) in [4.78, 5) is 37.1. The third kappa shape index (κ3) is 5.67. The standard InChI is InChI=1S/C22H26N2O4S/c1-14-9-11-15(12-10-14)13-23-21(28)20-16-5-2-3-6-17(16)29-22(20)24-18(25)7-4-8-19(26)27/h9-12H,2-8,13H2,1H3,(H,23,28)(H,24,25)(H,26,27). The number of thiophene rings is 1. The van der Waals surface area contributed by atoms with Gasteiger partial charge in [-0.3, -0.25) is 14.4 Å². The molecular weight excluding hydrogens is 388 g/mol. The van der Waals surface area contributed by atoms with Crippen LogP contribution >= 0.6 is 11.3 Å². The highest BCUT2D eigenvalue weighted by Gasteiger charge is 2.26. The molecule has 3 rings (SSSR count). The summed E-state index contributed by atoms with van der Waals surface area (Å²) in [5.41, 5.74) is 3.80. The molecule has 0 atom stereocenters. The van der Waals surface area contributed by atoms with E-state index in [2.05, 4.69) is 10.6 Å². The Morgan fingerprint density at radius 1 is 1.07 bits per heavy atom. The Kier molecular flexibility index (Phi) is 7.04. The normalized spacial score (nSPS) is 12.9. The number of anilines is 1. The Morgan fingerprint density at radius 3 is 2.52 bits per heavy atom. The fourth-order valence-corrected chi connectivity index (χ4v) is 4.76. The molecular formula is C22H26N2O4S. The van der Waals surface area contributed by atoms with E-state index in [-0.39, 0.29) is 31.1 Å². The van der Waals surface area contributed by atoms with Gasteiger partial charge in [0.05, 0.1) is 5.56 Å². The number of carbonyl (C=O) groups excluding carboxylic acids is 2. The van der Waals surface area contributed by atoms with Gasteiger partial charge in [0.25, 0.3) is 5.91 Å². The molecule has 2 aromatic rings. The predicted octanol–water partition coefficient (Wildman–Crippen LogP) is 4.06. The van der Waals surface area contributed by atoms with Crippen LogP contribution in [0.4, 0.5) is 5.00 Å². The van der Waals surface area contributed by atoms with E-state index in [9.17, 15) is 14.4 Å². The Bertz CT molecular complexity index is 902. The molecule has 0 saturated heterocycles. The quantitative estimate of drug-likeness (QED) is 0.607. The van der Waals surface area contributed by atoms with Gasteiger partial charge in [0, 0.05) is 24.3 Å². The first kappa shape index (κ1) is 21.0. The highest BCUT2D eigenvalue weighted by atomic mass is 32.1. The Labute approximate surface area is 174 Å². The molecule has 0 fully saturated rings. The number of amides is 2. The van der Waals surface area contributed by atoms with Gasteiger partial charge in [-0.15, -0.1) is 11.3 Å². The molecule has 1 aliphatic carbocycles. The van der Waals surface area contributed by atoms with E-state index in [0.717, 1.165) is 41.7 Å². The van der Waals surface area contributed by atoms with Gasteiger partial charge >= 0.3 is 5.97 Å². The number of benzene rings is 1. The van der Waals surface area contributed by atoms with Gasteiger partial charge in [-0.1, -0.05) is 29.8 Å². The van der Waals surface area contributed by atoms with Gasteiger partial charge in [0.1, 0.15) is 5.00 Å². The van der Waals surface area contributed by atoms with Crippen LogP contribution < -0.4 is 10.6 Å². The van der Waals surface area contributed by atoms with Crippen LogP contribution in [0, 0.1) is 6.92 Å². The second-order valence-corrected chi connectivity index (χ2v) is 8.48. The van der Waals surface area contributed by atoms with Crippen molar-refractivity contribution in [1.29, 1.82) is 0 Å². The van der Waals surface area contributed by atoms with Crippen LogP contribution in [0.1, 0.15) is 64.0 Å². The molecule has 0 aliphatic heterocycles. The number of carbonyl (C=O) groups is 3. The van der Waals surface area contributed by atoms with Crippen molar-refractivity contribution in [3.63, 3.8) is 0 Å². The lowest BCUT2D eigenvalue weighted by atomic mass is 9.95. The van der Waals surface area contributed by atoms with Crippen molar-refractivity contribution in [2.45, 2.75) is 58.4 Å². The van der Waals surface area contributed by atoms with E-state index in [1.54, 1.807) is 0 Å². The van der Waals surface area contributed by atoms with Crippen molar-refractivity contribution >= 4 is 34.1 Å². The molecule has 1 aromatic heterocycles. The molecule has 2 amide bonds. The highest BCUT2D eigenvalue weighted by Crippen LogP contribution is 2.38. The number of hydrogen-bond donors (Lipinski definition) is 3. The van der Waals surface area contributed by atoms with Crippen LogP contribution in [0.3, 0.4) is 0 Å². The van der Waals surface area contributed by atoms with E-state index in [1.807, 2.05) is 31.2 Å². The second kappa shape index (κ2) is 9.69. The van der Waals surface area contributed by atoms with Crippen LogP contribution in [-0.4, -0.2) is 22.9 Å². The lowest BCUT2D eigenvalue weighted by Crippen LogP contribution is -2.25. The Morgan fingerprint density at radius 2 is 1.79 bits per heavy atom. The zero-order valence-corrected chi connectivity index (χ0v) is 17.4. The third-order valence-corrected chi connectivity index (χ3v) is 6.23. The fraction of sp³-hybridized carbons (Fsp3) is 0.409. The number of carboxylic acids is 1. The first-order valence-corrected chi connectivity index (χ1v) is 10.8. The average molecular weight is 415 g/mol. The number of aliphatic carboxylic acids is 1. The van der Waals surface area contributed by atoms with Crippen molar-refractivity contribution in [2.24, 2.45) is 0 Å². The van der Waals surface area contributed by atoms with E-state index < -0.39 is 5.97 Å². The lowest BCUT2D eigenvalue weighted by molar-refractivity contribution is -0.137. The largest absolute Gasteiger partial charge is 0.481 e. The summed E-state index contributed by atoms with van der Waals surface area (Å²) < 4.78 is 0. The van der Waals surface area contributed by atoms with Crippen LogP contribution in [-0.2, 0) is 29.0 Å². The van der Waals surface area contributed by atoms with Gasteiger partial charge in [-0.25, -0.2) is 0 Å². The maximum absolute atomic E-state index is 13.0. The Hall–Kier alpha value is -2.67. The molecule has 7 heteroatoms. The molecule has 0 saturated carbocycles. The van der Waals surface area contributed by atoms with Crippen molar-refractivity contribution in [3.05, 3.63) is 51.4 Å². The minimum Gasteiger partial charge on any atom is -0.481 e. The van der Waals surface area contributed by atoms with E-state index in [1.165, 1.54) is 16.9 Å². The lowest BCUT2D eigenvalue weighted by Gasteiger charge is -2.13. The molecule has 1 aliphatic rings. The molecule has 0 spiro atoms. The number of carboxylic acid groups (broad SMARTS) is 1. The van der Waals surface area contributed by atoms with Gasteiger partial charge < -0.3 is 15.7 Å². The smallest absolute Gasteiger partial charge is 0.303 e. The van der Waals surface area contributed by atoms with Crippen molar-refractivity contribution in [3.8, 4) is 0 Å². The minimum absolute atomic E-state index is 0.0434. The summed E-state index contributed by atoms with van der Waals surface area (Å²) in [7, 11) is 0. The minimum atomic E-state index is -0.916. The SMILES string of the molecule is Cc1ccc(CNC(=O)c2c(NC(=O)CCCC(=O)O)sc3c2CCCC3)cc1. The fourth-order valence-electron chi connectivity index (χ4n) is 3.46. The molecule has 3 N–H and O–H groups in total. The predicted molar refractivity (Wildman–Crippen MR) is 113 cm³/mol. The number of fused-ring (bicyclic) bond motifs is 1. The molecule has 0 bridgehead atoms. The number of rotatable bonds is 8. The van der Waals surface area contributed by atoms with E-state index >= 15 is 0 Å². The molecule has 6 nitrogen and oxygen atoms in total. The van der Waals surface area contributed by atoms with Gasteiger partial charge in [0.2, 0.25) is 5.91 Å². The molecule has 0 radical (unpaired) electrons. The Balaban J connectivity index is 1.72. The zero-order chi connectivity index (χ0) is 20.8. The molecule has 1 heterocycles. The molecule has 1 aromatic carbocycles. The maximum atomic E-state index is 13.0. The summed E-state index contributed by atoms with van der Waals surface area (Å²) in [6.07, 6.45) is 4.25. The highest BCUT2D eigenvalue weighted by molar-refractivity contribution is 7.17. The summed E-state index contributed by atoms with van der Waals surface area (Å²) in [6, 6.07) is 8.00. The van der Waals surface area contributed by atoms with Crippen LogP contribution in [0.15, 0.2) is 24.3 Å². The first-order valence-electron chi connectivity index (χ1n) is 9.94. The van der Waals surface area contributed by atoms with Crippen LogP contribution in [0.2, 0.25) is 0 Å². The zero-order valence-electron chi connectivity index (χ0n) is 16.5. The van der Waals surface area contributed by atoms with Crippen LogP contribution in [0.25, 0.3) is 0 Å². The molecule has 154 valence electrons. The summed E-state index contributed by atoms with van der Waals surface area (Å²) >= 11 is 1.47. The van der Waals surface area contributed by atoms with E-state index in [0.29, 0.717) is 17.1 Å². The second-order valence-electron chi connectivity index (χ2n) is 7.38. The summed E-state index contributed by atoms with van der Waals surface area (Å²) in [5.74, 6) is -1.34. The van der Waals surface area contributed by atoms with Gasteiger partial charge in [-0.05, 0) is 50.2 Å². The number of nitrogens with one attached hydrogen (secondary N) is 2. The van der Waals surface area contributed by atoms with Crippen molar-refractivity contribution < 1.29 is 19.5 Å². The topological polar surface area (TPSA) is 95.5 Å². The molecule has 0 unspecified atom stereocenters. The average Bonchev–Trinajstić information content (AvgIpc) is 3.04. The van der Waals surface area contributed by atoms with Crippen molar-refractivity contribution in [2.75, 3.05) is 5.32 Å². The third-order valence-electron chi connectivity index (χ3n) is 5.02. The van der Waals surface area contributed by atoms with Crippen molar-refractivity contribution in [1.82, 2.24) is 5.32 Å².